The standard InChI is InChI=1S/C16H18F2N2O3S/c1-19-13-4-2-3-5-14(13)24(22,23)20(15(19)21)9-10-6-7-11-12(8-10)16(11,17)18/h2-5,10-12H,6-9H2,1H3. The molecule has 3 unspecified atom stereocenters. The molecule has 1 heterocycles. The Balaban J connectivity index is 1.61. The highest BCUT2D eigenvalue weighted by molar-refractivity contribution is 7.90. The van der Waals surface area contributed by atoms with E-state index in [1.165, 1.54) is 18.0 Å². The number of benzene rings is 1. The highest BCUT2D eigenvalue weighted by atomic mass is 32.2. The molecule has 24 heavy (non-hydrogen) atoms. The number of carbonyl (C=O) groups is 1. The van der Waals surface area contributed by atoms with E-state index in [9.17, 15) is 22.0 Å². The maximum atomic E-state index is 13.5. The Morgan fingerprint density at radius 1 is 1.21 bits per heavy atom. The molecule has 0 bridgehead atoms. The van der Waals surface area contributed by atoms with Gasteiger partial charge in [0.05, 0.1) is 5.69 Å². The van der Waals surface area contributed by atoms with Crippen molar-refractivity contribution in [2.45, 2.75) is 30.1 Å². The van der Waals surface area contributed by atoms with E-state index in [-0.39, 0.29) is 23.8 Å². The number of anilines is 1. The van der Waals surface area contributed by atoms with Crippen LogP contribution in [-0.4, -0.2) is 38.3 Å². The van der Waals surface area contributed by atoms with Gasteiger partial charge in [-0.3, -0.25) is 4.90 Å². The van der Waals surface area contributed by atoms with E-state index in [0.717, 1.165) is 4.31 Å². The molecular weight excluding hydrogens is 338 g/mol. The van der Waals surface area contributed by atoms with Crippen molar-refractivity contribution in [3.63, 3.8) is 0 Å². The fourth-order valence-electron chi connectivity index (χ4n) is 4.09. The van der Waals surface area contributed by atoms with E-state index < -0.39 is 33.8 Å². The second-order valence-electron chi connectivity index (χ2n) is 6.91. The highest BCUT2D eigenvalue weighted by Gasteiger charge is 2.69. The molecule has 2 saturated carbocycles. The number of amides is 2. The quantitative estimate of drug-likeness (QED) is 0.819. The van der Waals surface area contributed by atoms with Gasteiger partial charge >= 0.3 is 6.03 Å². The Labute approximate surface area is 139 Å². The molecule has 130 valence electrons. The molecule has 4 rings (SSSR count). The summed E-state index contributed by atoms with van der Waals surface area (Å²) in [6.07, 6.45) is 1.21. The smallest absolute Gasteiger partial charge is 0.295 e. The van der Waals surface area contributed by atoms with E-state index in [1.807, 2.05) is 0 Å². The van der Waals surface area contributed by atoms with Crippen LogP contribution in [0.4, 0.5) is 19.3 Å². The summed E-state index contributed by atoms with van der Waals surface area (Å²) in [5.74, 6) is -4.02. The van der Waals surface area contributed by atoms with Crippen molar-refractivity contribution in [1.82, 2.24) is 4.31 Å². The molecule has 2 aliphatic carbocycles. The van der Waals surface area contributed by atoms with Crippen LogP contribution >= 0.6 is 0 Å². The van der Waals surface area contributed by atoms with Gasteiger partial charge in [-0.05, 0) is 37.3 Å². The van der Waals surface area contributed by atoms with Crippen LogP contribution in [0.25, 0.3) is 0 Å². The Bertz CT molecular complexity index is 811. The summed E-state index contributed by atoms with van der Waals surface area (Å²) < 4.78 is 53.5. The summed E-state index contributed by atoms with van der Waals surface area (Å²) in [7, 11) is -2.42. The molecule has 0 saturated heterocycles. The molecule has 0 radical (unpaired) electrons. The first-order valence-electron chi connectivity index (χ1n) is 8.02. The zero-order valence-electron chi connectivity index (χ0n) is 13.2. The average molecular weight is 356 g/mol. The topological polar surface area (TPSA) is 57.7 Å². The Hall–Kier alpha value is -1.70. The van der Waals surface area contributed by atoms with Gasteiger partial charge in [0.1, 0.15) is 4.90 Å². The van der Waals surface area contributed by atoms with Gasteiger partial charge in [-0.1, -0.05) is 12.1 Å². The lowest BCUT2D eigenvalue weighted by Gasteiger charge is -2.36. The highest BCUT2D eigenvalue weighted by Crippen LogP contribution is 2.63. The number of fused-ring (bicyclic) bond motifs is 2. The third-order valence-electron chi connectivity index (χ3n) is 5.56. The summed E-state index contributed by atoms with van der Waals surface area (Å²) in [6, 6.07) is 5.70. The number of alkyl halides is 2. The lowest BCUT2D eigenvalue weighted by Crippen LogP contribution is -2.50. The average Bonchev–Trinajstić information content (AvgIpc) is 3.11. The van der Waals surface area contributed by atoms with E-state index in [1.54, 1.807) is 18.2 Å². The molecule has 0 N–H and O–H groups in total. The number of hydrogen-bond acceptors (Lipinski definition) is 3. The van der Waals surface area contributed by atoms with Gasteiger partial charge in [0.15, 0.2) is 0 Å². The van der Waals surface area contributed by atoms with Crippen LogP contribution < -0.4 is 4.90 Å². The van der Waals surface area contributed by atoms with Crippen molar-refractivity contribution in [1.29, 1.82) is 0 Å². The number of para-hydroxylation sites is 1. The van der Waals surface area contributed by atoms with Gasteiger partial charge in [-0.15, -0.1) is 0 Å². The molecule has 1 aromatic rings. The van der Waals surface area contributed by atoms with Gasteiger partial charge in [0.2, 0.25) is 0 Å². The van der Waals surface area contributed by atoms with Crippen molar-refractivity contribution < 1.29 is 22.0 Å². The van der Waals surface area contributed by atoms with E-state index >= 15 is 0 Å². The van der Waals surface area contributed by atoms with E-state index in [0.29, 0.717) is 18.5 Å². The van der Waals surface area contributed by atoms with Gasteiger partial charge in [0, 0.05) is 25.4 Å². The predicted molar refractivity (Wildman–Crippen MR) is 83.4 cm³/mol. The minimum atomic E-state index is -3.94. The number of nitrogens with zero attached hydrogens (tertiary/aromatic N) is 2. The molecule has 5 nitrogen and oxygen atoms in total. The number of halogens is 2. The molecule has 0 aromatic heterocycles. The molecule has 3 atom stereocenters. The van der Waals surface area contributed by atoms with Crippen molar-refractivity contribution in [3.05, 3.63) is 24.3 Å². The Morgan fingerprint density at radius 2 is 1.92 bits per heavy atom. The zero-order chi connectivity index (χ0) is 17.3. The summed E-state index contributed by atoms with van der Waals surface area (Å²) in [5, 5.41) is 0. The maximum Gasteiger partial charge on any atom is 0.338 e. The van der Waals surface area contributed by atoms with E-state index in [4.69, 9.17) is 0 Å². The minimum Gasteiger partial charge on any atom is -0.295 e. The lowest BCUT2D eigenvalue weighted by molar-refractivity contribution is 0.0842. The number of carbonyl (C=O) groups excluding carboxylic acids is 1. The number of urea groups is 1. The molecule has 1 aromatic carbocycles. The molecule has 3 aliphatic rings. The Morgan fingerprint density at radius 3 is 2.62 bits per heavy atom. The van der Waals surface area contributed by atoms with Crippen LogP contribution in [0.2, 0.25) is 0 Å². The first-order valence-corrected chi connectivity index (χ1v) is 9.46. The second kappa shape index (κ2) is 4.91. The minimum absolute atomic E-state index is 0.0286. The fourth-order valence-corrected chi connectivity index (χ4v) is 5.78. The lowest BCUT2D eigenvalue weighted by atomic mass is 9.89. The van der Waals surface area contributed by atoms with Crippen LogP contribution in [0.5, 0.6) is 0 Å². The van der Waals surface area contributed by atoms with Gasteiger partial charge < -0.3 is 0 Å². The Kier molecular flexibility index (Phi) is 3.23. The summed E-state index contributed by atoms with van der Waals surface area (Å²) in [5.41, 5.74) is 0.344. The summed E-state index contributed by atoms with van der Waals surface area (Å²) in [6.45, 7) is -0.0286. The van der Waals surface area contributed by atoms with Crippen molar-refractivity contribution >= 4 is 21.7 Å². The first-order chi connectivity index (χ1) is 11.2. The monoisotopic (exact) mass is 356 g/mol. The molecule has 0 spiro atoms. The molecule has 1 aliphatic heterocycles. The van der Waals surface area contributed by atoms with Crippen LogP contribution in [0.15, 0.2) is 29.2 Å². The normalized spacial score (nSPS) is 33.0. The number of sulfonamides is 1. The van der Waals surface area contributed by atoms with Crippen LogP contribution in [0.1, 0.15) is 19.3 Å². The summed E-state index contributed by atoms with van der Waals surface area (Å²) >= 11 is 0. The third kappa shape index (κ3) is 2.08. The van der Waals surface area contributed by atoms with Crippen molar-refractivity contribution in [2.75, 3.05) is 18.5 Å². The van der Waals surface area contributed by atoms with Gasteiger partial charge in [-0.2, -0.15) is 0 Å². The SMILES string of the molecule is CN1C(=O)N(CC2CCC3C(C2)C3(F)F)S(=O)(=O)c2ccccc21. The largest absolute Gasteiger partial charge is 0.338 e. The van der Waals surface area contributed by atoms with E-state index in [2.05, 4.69) is 0 Å². The third-order valence-corrected chi connectivity index (χ3v) is 7.34. The summed E-state index contributed by atoms with van der Waals surface area (Å²) in [4.78, 5) is 13.9. The van der Waals surface area contributed by atoms with Gasteiger partial charge in [-0.25, -0.2) is 26.3 Å². The van der Waals surface area contributed by atoms with Crippen molar-refractivity contribution in [3.8, 4) is 0 Å². The molecule has 8 heteroatoms. The van der Waals surface area contributed by atoms with Crippen molar-refractivity contribution in [2.24, 2.45) is 17.8 Å². The van der Waals surface area contributed by atoms with Crippen LogP contribution in [-0.2, 0) is 10.0 Å². The number of hydrogen-bond donors (Lipinski definition) is 0. The first kappa shape index (κ1) is 15.8. The van der Waals surface area contributed by atoms with Crippen LogP contribution in [0, 0.1) is 17.8 Å². The maximum absolute atomic E-state index is 13.5. The zero-order valence-corrected chi connectivity index (χ0v) is 14.0. The van der Waals surface area contributed by atoms with Crippen LogP contribution in [0.3, 0.4) is 0 Å². The second-order valence-corrected chi connectivity index (χ2v) is 8.74. The molecular formula is C16H18F2N2O3S. The molecule has 2 fully saturated rings. The number of rotatable bonds is 2. The van der Waals surface area contributed by atoms with Gasteiger partial charge in [0.25, 0.3) is 15.9 Å². The predicted octanol–water partition coefficient (Wildman–Crippen LogP) is 2.93. The fraction of sp³-hybridized carbons (Fsp3) is 0.562. The molecule has 2 amide bonds.